The summed E-state index contributed by atoms with van der Waals surface area (Å²) >= 11 is 0. The zero-order valence-corrected chi connectivity index (χ0v) is 20.6. The number of aliphatic hydroxyl groups excluding tert-OH is 2. The van der Waals surface area contributed by atoms with Gasteiger partial charge in [0.1, 0.15) is 18.1 Å². The van der Waals surface area contributed by atoms with Crippen LogP contribution in [-0.4, -0.2) is 58.3 Å². The molecule has 2 saturated heterocycles. The summed E-state index contributed by atoms with van der Waals surface area (Å²) in [6.07, 6.45) is 5.97. The summed E-state index contributed by atoms with van der Waals surface area (Å²) in [5.74, 6) is -0.384. The van der Waals surface area contributed by atoms with Crippen molar-refractivity contribution in [3.63, 3.8) is 0 Å². The van der Waals surface area contributed by atoms with Crippen LogP contribution in [0.1, 0.15) is 63.9 Å². The summed E-state index contributed by atoms with van der Waals surface area (Å²) in [6, 6.07) is 3.58. The number of aliphatic hydroxyl groups is 2. The summed E-state index contributed by atoms with van der Waals surface area (Å²) in [4.78, 5) is 27.6. The molecule has 35 heavy (non-hydrogen) atoms. The van der Waals surface area contributed by atoms with E-state index < -0.39 is 25.1 Å². The van der Waals surface area contributed by atoms with E-state index in [1.165, 1.54) is 4.90 Å². The van der Waals surface area contributed by atoms with Crippen molar-refractivity contribution in [1.29, 1.82) is 0 Å². The Morgan fingerprint density at radius 1 is 1.11 bits per heavy atom. The average Bonchev–Trinajstić information content (AvgIpc) is 3.40. The molecule has 8 nitrogen and oxygen atoms in total. The molecule has 9 heteroatoms. The third-order valence-corrected chi connectivity index (χ3v) is 7.52. The van der Waals surface area contributed by atoms with E-state index in [-0.39, 0.29) is 37.3 Å². The number of fused-ring (bicyclic) bond motifs is 3. The molecule has 4 atom stereocenters. The van der Waals surface area contributed by atoms with Crippen molar-refractivity contribution >= 4 is 25.0 Å². The van der Waals surface area contributed by atoms with E-state index in [0.717, 1.165) is 29.6 Å². The maximum absolute atomic E-state index is 13.2. The van der Waals surface area contributed by atoms with Crippen molar-refractivity contribution in [2.45, 2.75) is 71.4 Å². The second kappa shape index (κ2) is 11.2. The summed E-state index contributed by atoms with van der Waals surface area (Å²) in [6.45, 7) is 4.11. The quantitative estimate of drug-likeness (QED) is 0.265. The lowest BCUT2D eigenvalue weighted by atomic mass is 9.58. The molecule has 4 rings (SSSR count). The largest absolute Gasteiger partial charge is 0.459 e. The molecule has 1 aliphatic carbocycles. The number of rotatable bonds is 10. The molecule has 0 spiro atoms. The number of hydrogen-bond acceptors (Lipinski definition) is 7. The average molecular weight is 485 g/mol. The van der Waals surface area contributed by atoms with Crippen molar-refractivity contribution in [2.75, 3.05) is 13.2 Å². The first-order valence-electron chi connectivity index (χ1n) is 12.8. The van der Waals surface area contributed by atoms with Gasteiger partial charge in [0.15, 0.2) is 0 Å². The Morgan fingerprint density at radius 2 is 1.91 bits per heavy atom. The molecule has 3 heterocycles. The van der Waals surface area contributed by atoms with Gasteiger partial charge in [-0.3, -0.25) is 14.5 Å². The molecule has 3 aliphatic rings. The van der Waals surface area contributed by atoms with Crippen LogP contribution in [0.25, 0.3) is 6.08 Å². The fourth-order valence-corrected chi connectivity index (χ4v) is 6.08. The van der Waals surface area contributed by atoms with Gasteiger partial charge in [-0.05, 0) is 73.7 Å². The SMILES string of the molecule is CCC/C(=C\c1ccc(CO)o1)CC[C@H]1OB(O)C[C@H]2C1=C(CO)C[C@H]1C(=O)N(CCC)C(=O)[C@H]12. The Balaban J connectivity index is 1.58. The molecule has 0 unspecified atom stereocenters. The smallest absolute Gasteiger partial charge is 0.455 e. The first-order chi connectivity index (χ1) is 16.9. The van der Waals surface area contributed by atoms with Gasteiger partial charge in [-0.1, -0.05) is 25.8 Å². The molecule has 1 aromatic heterocycles. The minimum atomic E-state index is -1.02. The van der Waals surface area contributed by atoms with Gasteiger partial charge in [0.2, 0.25) is 11.8 Å². The lowest BCUT2D eigenvalue weighted by molar-refractivity contribution is -0.140. The van der Waals surface area contributed by atoms with Crippen molar-refractivity contribution < 1.29 is 33.9 Å². The lowest BCUT2D eigenvalue weighted by Crippen LogP contribution is -2.46. The predicted molar refractivity (Wildman–Crippen MR) is 131 cm³/mol. The molecule has 190 valence electrons. The normalized spacial score (nSPS) is 27.1. The van der Waals surface area contributed by atoms with Gasteiger partial charge >= 0.3 is 7.12 Å². The van der Waals surface area contributed by atoms with Gasteiger partial charge in [0.25, 0.3) is 0 Å². The van der Waals surface area contributed by atoms with Gasteiger partial charge in [-0.15, -0.1) is 0 Å². The topological polar surface area (TPSA) is 120 Å². The third-order valence-electron chi connectivity index (χ3n) is 7.52. The van der Waals surface area contributed by atoms with Crippen LogP contribution in [0.5, 0.6) is 0 Å². The Morgan fingerprint density at radius 3 is 2.57 bits per heavy atom. The summed E-state index contributed by atoms with van der Waals surface area (Å²) in [5.41, 5.74) is 2.83. The van der Waals surface area contributed by atoms with Crippen LogP contribution < -0.4 is 0 Å². The zero-order valence-electron chi connectivity index (χ0n) is 20.6. The lowest BCUT2D eigenvalue weighted by Gasteiger charge is -2.43. The van der Waals surface area contributed by atoms with Crippen LogP contribution in [0, 0.1) is 17.8 Å². The monoisotopic (exact) mass is 485 g/mol. The van der Waals surface area contributed by atoms with E-state index in [9.17, 15) is 24.8 Å². The predicted octanol–water partition coefficient (Wildman–Crippen LogP) is 2.93. The number of allylic oxidation sites excluding steroid dienone is 1. The van der Waals surface area contributed by atoms with Crippen molar-refractivity contribution in [1.82, 2.24) is 4.90 Å². The standard InChI is InChI=1S/C26H36BNO7/c1-3-5-16(11-18-7-8-19(15-30)34-18)6-9-22-23-17(14-29)12-20-24(21(23)13-27(33)35-22)26(32)28(10-4-2)25(20)31/h7-8,11,20-22,24,29-30,33H,3-6,9-10,12-15H2,1-2H3/b16-11+/t20-,21+,22-,24-/m1/s1. The van der Waals surface area contributed by atoms with E-state index in [1.807, 2.05) is 19.1 Å². The minimum Gasteiger partial charge on any atom is -0.459 e. The number of imide groups is 1. The van der Waals surface area contributed by atoms with E-state index in [2.05, 4.69) is 6.92 Å². The van der Waals surface area contributed by atoms with Crippen molar-refractivity contribution in [2.24, 2.45) is 17.8 Å². The Labute approximate surface area is 206 Å². The molecular weight excluding hydrogens is 449 g/mol. The van der Waals surface area contributed by atoms with Crippen LogP contribution in [0.3, 0.4) is 0 Å². The molecule has 1 aromatic rings. The molecule has 0 saturated carbocycles. The summed E-state index contributed by atoms with van der Waals surface area (Å²) < 4.78 is 11.6. The maximum atomic E-state index is 13.2. The molecule has 0 aromatic carbocycles. The Hall–Kier alpha value is -2.20. The number of hydrogen-bond donors (Lipinski definition) is 3. The molecule has 2 aliphatic heterocycles. The number of likely N-dealkylation sites (tertiary alicyclic amines) is 1. The highest BCUT2D eigenvalue weighted by Gasteiger charge is 2.56. The zero-order chi connectivity index (χ0) is 25.1. The summed E-state index contributed by atoms with van der Waals surface area (Å²) in [5, 5.41) is 30.1. The highest BCUT2D eigenvalue weighted by molar-refractivity contribution is 6.43. The molecule has 0 radical (unpaired) electrons. The fraction of sp³-hybridized carbons (Fsp3) is 0.615. The Kier molecular flexibility index (Phi) is 8.32. The molecule has 0 bridgehead atoms. The van der Waals surface area contributed by atoms with Crippen LogP contribution in [-0.2, 0) is 20.9 Å². The molecular formula is C26H36BNO7. The molecule has 2 amide bonds. The third kappa shape index (κ3) is 5.19. The van der Waals surface area contributed by atoms with Crippen LogP contribution in [0.15, 0.2) is 33.3 Å². The number of carbonyl (C=O) groups excluding carboxylic acids is 2. The first kappa shape index (κ1) is 25.9. The van der Waals surface area contributed by atoms with Crippen LogP contribution in [0.2, 0.25) is 6.32 Å². The molecule has 3 N–H and O–H groups in total. The summed E-state index contributed by atoms with van der Waals surface area (Å²) in [7, 11) is -1.02. The number of furan rings is 1. The Bertz CT molecular complexity index is 1000. The maximum Gasteiger partial charge on any atom is 0.455 e. The molecule has 2 fully saturated rings. The van der Waals surface area contributed by atoms with Crippen LogP contribution >= 0.6 is 0 Å². The van der Waals surface area contributed by atoms with Gasteiger partial charge < -0.3 is 24.3 Å². The van der Waals surface area contributed by atoms with Gasteiger partial charge in [-0.2, -0.15) is 0 Å². The van der Waals surface area contributed by atoms with Crippen molar-refractivity contribution in [3.8, 4) is 0 Å². The van der Waals surface area contributed by atoms with Gasteiger partial charge in [0.05, 0.1) is 24.5 Å². The highest BCUT2D eigenvalue weighted by Crippen LogP contribution is 2.50. The number of nitrogens with zero attached hydrogens (tertiary/aromatic N) is 1. The van der Waals surface area contributed by atoms with Gasteiger partial charge in [-0.25, -0.2) is 0 Å². The number of carbonyl (C=O) groups is 2. The second-order valence-electron chi connectivity index (χ2n) is 9.86. The number of amides is 2. The van der Waals surface area contributed by atoms with Crippen LogP contribution in [0.4, 0.5) is 0 Å². The van der Waals surface area contributed by atoms with E-state index in [4.69, 9.17) is 9.07 Å². The van der Waals surface area contributed by atoms with E-state index >= 15 is 0 Å². The van der Waals surface area contributed by atoms with Crippen molar-refractivity contribution in [3.05, 3.63) is 40.4 Å². The fourth-order valence-electron chi connectivity index (χ4n) is 6.08. The van der Waals surface area contributed by atoms with E-state index in [1.54, 1.807) is 6.07 Å². The van der Waals surface area contributed by atoms with Gasteiger partial charge in [0, 0.05) is 6.54 Å². The van der Waals surface area contributed by atoms with E-state index in [0.29, 0.717) is 43.7 Å². The highest BCUT2D eigenvalue weighted by atomic mass is 16.5. The second-order valence-corrected chi connectivity index (χ2v) is 9.86. The first-order valence-corrected chi connectivity index (χ1v) is 12.8. The minimum absolute atomic E-state index is 0.150.